The predicted octanol–water partition coefficient (Wildman–Crippen LogP) is 2.67. The Balaban J connectivity index is 2.25. The molecule has 0 saturated carbocycles. The molecule has 0 aromatic heterocycles. The van der Waals surface area contributed by atoms with Crippen LogP contribution in [0.4, 0.5) is 15.8 Å². The van der Waals surface area contributed by atoms with Crippen molar-refractivity contribution in [2.45, 2.75) is 6.92 Å². The van der Waals surface area contributed by atoms with Crippen molar-refractivity contribution in [1.29, 1.82) is 0 Å². The number of nitrogen functional groups attached to an aromatic ring is 1. The fourth-order valence-electron chi connectivity index (χ4n) is 1.63. The lowest BCUT2D eigenvalue weighted by molar-refractivity contribution is 0.102. The van der Waals surface area contributed by atoms with Gasteiger partial charge >= 0.3 is 0 Å². The van der Waals surface area contributed by atoms with Crippen LogP contribution in [0.2, 0.25) is 0 Å². The Bertz CT molecular complexity index is 641. The molecule has 0 spiro atoms. The highest BCUT2D eigenvalue weighted by molar-refractivity contribution is 6.04. The van der Waals surface area contributed by atoms with Gasteiger partial charge in [-0.25, -0.2) is 4.39 Å². The van der Waals surface area contributed by atoms with E-state index in [0.717, 1.165) is 0 Å². The van der Waals surface area contributed by atoms with E-state index in [4.69, 9.17) is 5.73 Å². The number of benzene rings is 2. The summed E-state index contributed by atoms with van der Waals surface area (Å²) in [4.78, 5) is 11.9. The lowest BCUT2D eigenvalue weighted by Crippen LogP contribution is -2.13. The molecule has 0 aliphatic carbocycles. The van der Waals surface area contributed by atoms with Crippen LogP contribution in [0, 0.1) is 12.7 Å². The molecule has 1 amide bonds. The molecule has 2 aromatic rings. The second kappa shape index (κ2) is 4.97. The van der Waals surface area contributed by atoms with Crippen LogP contribution in [0.15, 0.2) is 36.4 Å². The summed E-state index contributed by atoms with van der Waals surface area (Å²) in [5, 5.41) is 11.8. The molecule has 98 valence electrons. The highest BCUT2D eigenvalue weighted by atomic mass is 19.1. The SMILES string of the molecule is Cc1cc(C(=O)Nc2cc(N)ccc2F)ccc1O. The first-order chi connectivity index (χ1) is 8.97. The minimum absolute atomic E-state index is 0.0238. The van der Waals surface area contributed by atoms with Crippen molar-refractivity contribution in [1.82, 2.24) is 0 Å². The number of phenols is 1. The Labute approximate surface area is 109 Å². The number of hydrogen-bond acceptors (Lipinski definition) is 3. The van der Waals surface area contributed by atoms with E-state index in [1.54, 1.807) is 6.92 Å². The molecule has 0 aliphatic heterocycles. The highest BCUT2D eigenvalue weighted by Crippen LogP contribution is 2.20. The Kier molecular flexibility index (Phi) is 3.37. The molecule has 0 atom stereocenters. The van der Waals surface area contributed by atoms with Crippen molar-refractivity contribution in [2.24, 2.45) is 0 Å². The quantitative estimate of drug-likeness (QED) is 0.727. The van der Waals surface area contributed by atoms with Crippen LogP contribution >= 0.6 is 0 Å². The predicted molar refractivity (Wildman–Crippen MR) is 71.6 cm³/mol. The summed E-state index contributed by atoms with van der Waals surface area (Å²) in [6, 6.07) is 8.35. The zero-order valence-corrected chi connectivity index (χ0v) is 10.3. The number of anilines is 2. The first-order valence-corrected chi connectivity index (χ1v) is 5.63. The molecule has 19 heavy (non-hydrogen) atoms. The maximum Gasteiger partial charge on any atom is 0.255 e. The van der Waals surface area contributed by atoms with E-state index < -0.39 is 11.7 Å². The number of nitrogens with one attached hydrogen (secondary N) is 1. The van der Waals surface area contributed by atoms with Crippen LogP contribution in [-0.4, -0.2) is 11.0 Å². The molecule has 2 aromatic carbocycles. The maximum atomic E-state index is 13.5. The number of nitrogens with two attached hydrogens (primary N) is 1. The standard InChI is InChI=1S/C14H13FN2O2/c1-8-6-9(2-5-13(8)18)14(19)17-12-7-10(16)3-4-11(12)15/h2-7,18H,16H2,1H3,(H,17,19). The molecular formula is C14H13FN2O2. The van der Waals surface area contributed by atoms with Crippen LogP contribution in [0.5, 0.6) is 5.75 Å². The molecule has 0 heterocycles. The van der Waals surface area contributed by atoms with Gasteiger partial charge in [0.15, 0.2) is 0 Å². The molecule has 4 nitrogen and oxygen atoms in total. The van der Waals surface area contributed by atoms with Crippen LogP contribution in [0.3, 0.4) is 0 Å². The number of phenolic OH excluding ortho intramolecular Hbond substituents is 1. The van der Waals surface area contributed by atoms with E-state index in [-0.39, 0.29) is 11.4 Å². The van der Waals surface area contributed by atoms with Crippen molar-refractivity contribution < 1.29 is 14.3 Å². The number of halogens is 1. The fraction of sp³-hybridized carbons (Fsp3) is 0.0714. The minimum Gasteiger partial charge on any atom is -0.508 e. The van der Waals surface area contributed by atoms with Crippen LogP contribution < -0.4 is 11.1 Å². The zero-order valence-electron chi connectivity index (χ0n) is 10.3. The number of carbonyl (C=O) groups is 1. The van der Waals surface area contributed by atoms with Gasteiger partial charge in [-0.2, -0.15) is 0 Å². The Hall–Kier alpha value is -2.56. The molecule has 0 aliphatic rings. The lowest BCUT2D eigenvalue weighted by Gasteiger charge is -2.08. The highest BCUT2D eigenvalue weighted by Gasteiger charge is 2.10. The first kappa shape index (κ1) is 12.9. The van der Waals surface area contributed by atoms with Crippen LogP contribution in [0.1, 0.15) is 15.9 Å². The van der Waals surface area contributed by atoms with Crippen molar-refractivity contribution in [3.05, 3.63) is 53.3 Å². The van der Waals surface area contributed by atoms with Gasteiger partial charge < -0.3 is 16.2 Å². The Morgan fingerprint density at radius 2 is 2.00 bits per heavy atom. The van der Waals surface area contributed by atoms with E-state index in [1.165, 1.54) is 36.4 Å². The minimum atomic E-state index is -0.557. The van der Waals surface area contributed by atoms with E-state index in [0.29, 0.717) is 16.8 Å². The van der Waals surface area contributed by atoms with Gasteiger partial charge in [-0.3, -0.25) is 4.79 Å². The van der Waals surface area contributed by atoms with Crippen molar-refractivity contribution in [3.8, 4) is 5.75 Å². The summed E-state index contributed by atoms with van der Waals surface area (Å²) in [5.74, 6) is -0.919. The topological polar surface area (TPSA) is 75.4 Å². The van der Waals surface area contributed by atoms with E-state index in [1.807, 2.05) is 0 Å². The molecule has 0 radical (unpaired) electrons. The van der Waals surface area contributed by atoms with E-state index >= 15 is 0 Å². The van der Waals surface area contributed by atoms with Gasteiger partial charge in [0, 0.05) is 11.3 Å². The molecule has 0 unspecified atom stereocenters. The normalized spacial score (nSPS) is 10.2. The number of hydrogen-bond donors (Lipinski definition) is 3. The third-order valence-corrected chi connectivity index (χ3v) is 2.70. The third-order valence-electron chi connectivity index (χ3n) is 2.70. The van der Waals surface area contributed by atoms with Gasteiger partial charge in [-0.1, -0.05) is 0 Å². The van der Waals surface area contributed by atoms with Crippen LogP contribution in [0.25, 0.3) is 0 Å². The molecule has 0 fully saturated rings. The van der Waals surface area contributed by atoms with Gasteiger partial charge in [0.05, 0.1) is 5.69 Å². The Morgan fingerprint density at radius 1 is 1.26 bits per heavy atom. The van der Waals surface area contributed by atoms with Crippen molar-refractivity contribution in [3.63, 3.8) is 0 Å². The fourth-order valence-corrected chi connectivity index (χ4v) is 1.63. The molecule has 2 rings (SSSR count). The summed E-state index contributed by atoms with van der Waals surface area (Å²) in [6.45, 7) is 1.67. The van der Waals surface area contributed by atoms with Gasteiger partial charge in [0.1, 0.15) is 11.6 Å². The molecule has 0 saturated heterocycles. The molecule has 4 N–H and O–H groups in total. The summed E-state index contributed by atoms with van der Waals surface area (Å²) in [7, 11) is 0. The number of rotatable bonds is 2. The van der Waals surface area contributed by atoms with E-state index in [2.05, 4.69) is 5.32 Å². The lowest BCUT2D eigenvalue weighted by atomic mass is 10.1. The van der Waals surface area contributed by atoms with Crippen LogP contribution in [-0.2, 0) is 0 Å². The number of aryl methyl sites for hydroxylation is 1. The molecule has 0 bridgehead atoms. The van der Waals surface area contributed by atoms with Crippen molar-refractivity contribution >= 4 is 17.3 Å². The third kappa shape index (κ3) is 2.82. The second-order valence-electron chi connectivity index (χ2n) is 4.19. The summed E-state index contributed by atoms with van der Waals surface area (Å²) >= 11 is 0. The average Bonchev–Trinajstić information content (AvgIpc) is 2.37. The zero-order chi connectivity index (χ0) is 14.0. The largest absolute Gasteiger partial charge is 0.508 e. The number of amides is 1. The molecule has 5 heteroatoms. The smallest absolute Gasteiger partial charge is 0.255 e. The number of carbonyl (C=O) groups excluding carboxylic acids is 1. The average molecular weight is 260 g/mol. The monoisotopic (exact) mass is 260 g/mol. The maximum absolute atomic E-state index is 13.5. The van der Waals surface area contributed by atoms with Gasteiger partial charge in [-0.05, 0) is 48.9 Å². The summed E-state index contributed by atoms with van der Waals surface area (Å²) < 4.78 is 13.5. The summed E-state index contributed by atoms with van der Waals surface area (Å²) in [5.41, 5.74) is 6.82. The first-order valence-electron chi connectivity index (χ1n) is 5.63. The molecular weight excluding hydrogens is 247 g/mol. The Morgan fingerprint density at radius 3 is 2.68 bits per heavy atom. The van der Waals surface area contributed by atoms with E-state index in [9.17, 15) is 14.3 Å². The van der Waals surface area contributed by atoms with Gasteiger partial charge in [-0.15, -0.1) is 0 Å². The second-order valence-corrected chi connectivity index (χ2v) is 4.19. The van der Waals surface area contributed by atoms with Gasteiger partial charge in [0.25, 0.3) is 5.91 Å². The van der Waals surface area contributed by atoms with Gasteiger partial charge in [0.2, 0.25) is 0 Å². The number of aromatic hydroxyl groups is 1. The van der Waals surface area contributed by atoms with Crippen molar-refractivity contribution in [2.75, 3.05) is 11.1 Å². The summed E-state index contributed by atoms with van der Waals surface area (Å²) in [6.07, 6.45) is 0.